The summed E-state index contributed by atoms with van der Waals surface area (Å²) in [5.41, 5.74) is 0.107. The van der Waals surface area contributed by atoms with E-state index < -0.39 is 0 Å². The lowest BCUT2D eigenvalue weighted by Crippen LogP contribution is -2.24. The molecular weight excluding hydrogens is 298 g/mol. The van der Waals surface area contributed by atoms with Gasteiger partial charge in [0.1, 0.15) is 11.5 Å². The van der Waals surface area contributed by atoms with E-state index in [0.717, 1.165) is 31.0 Å². The first kappa shape index (κ1) is 14.8. The summed E-state index contributed by atoms with van der Waals surface area (Å²) in [4.78, 5) is 11.7. The van der Waals surface area contributed by atoms with Crippen LogP contribution in [0.15, 0.2) is 18.2 Å². The number of nitrogens with one attached hydrogen (secondary N) is 1. The lowest BCUT2D eigenvalue weighted by Gasteiger charge is -2.07. The van der Waals surface area contributed by atoms with Crippen LogP contribution >= 0.6 is 15.9 Å². The molecule has 0 aliphatic heterocycles. The maximum atomic E-state index is 11.7. The van der Waals surface area contributed by atoms with E-state index in [0.29, 0.717) is 6.54 Å². The summed E-state index contributed by atoms with van der Waals surface area (Å²) < 4.78 is 0. The van der Waals surface area contributed by atoms with Gasteiger partial charge in [-0.05, 0) is 31.0 Å². The summed E-state index contributed by atoms with van der Waals surface area (Å²) in [7, 11) is 0. The molecule has 1 aromatic carbocycles. The first-order valence-corrected chi connectivity index (χ1v) is 7.13. The highest BCUT2D eigenvalue weighted by Crippen LogP contribution is 2.21. The van der Waals surface area contributed by atoms with Crippen LogP contribution in [0.2, 0.25) is 0 Å². The average Bonchev–Trinajstić information content (AvgIpc) is 2.36. The number of hydrogen-bond donors (Lipinski definition) is 3. The number of rotatable bonds is 7. The van der Waals surface area contributed by atoms with Crippen LogP contribution in [0.25, 0.3) is 0 Å². The van der Waals surface area contributed by atoms with Crippen molar-refractivity contribution in [2.24, 2.45) is 0 Å². The summed E-state index contributed by atoms with van der Waals surface area (Å²) in [5, 5.41) is 22.5. The van der Waals surface area contributed by atoms with E-state index in [1.54, 1.807) is 0 Å². The monoisotopic (exact) mass is 315 g/mol. The molecule has 0 fully saturated rings. The maximum Gasteiger partial charge on any atom is 0.255 e. The van der Waals surface area contributed by atoms with Gasteiger partial charge in [-0.1, -0.05) is 28.8 Å². The number of benzene rings is 1. The Morgan fingerprint density at radius 1 is 1.17 bits per heavy atom. The van der Waals surface area contributed by atoms with Gasteiger partial charge >= 0.3 is 0 Å². The number of alkyl halides is 1. The number of carbonyl (C=O) groups excluding carboxylic acids is 1. The van der Waals surface area contributed by atoms with Crippen molar-refractivity contribution >= 4 is 21.8 Å². The summed E-state index contributed by atoms with van der Waals surface area (Å²) in [6.07, 6.45) is 4.26. The molecule has 100 valence electrons. The van der Waals surface area contributed by atoms with Crippen LogP contribution in [-0.4, -0.2) is 28.0 Å². The van der Waals surface area contributed by atoms with Crippen LogP contribution < -0.4 is 5.32 Å². The van der Waals surface area contributed by atoms with Gasteiger partial charge in [0.2, 0.25) is 0 Å². The van der Waals surface area contributed by atoms with E-state index in [1.165, 1.54) is 18.2 Å². The fourth-order valence-electron chi connectivity index (χ4n) is 1.58. The molecule has 5 heteroatoms. The van der Waals surface area contributed by atoms with Gasteiger partial charge in [0.05, 0.1) is 5.56 Å². The number of unbranched alkanes of at least 4 members (excludes halogenated alkanes) is 3. The summed E-state index contributed by atoms with van der Waals surface area (Å²) in [5.74, 6) is -0.510. The molecule has 0 radical (unpaired) electrons. The zero-order valence-electron chi connectivity index (χ0n) is 10.2. The fraction of sp³-hybridized carbons (Fsp3) is 0.462. The molecule has 4 nitrogen and oxygen atoms in total. The van der Waals surface area contributed by atoms with Crippen molar-refractivity contribution in [3.63, 3.8) is 0 Å². The van der Waals surface area contributed by atoms with Gasteiger partial charge in [0.25, 0.3) is 5.91 Å². The largest absolute Gasteiger partial charge is 0.508 e. The molecule has 0 aliphatic rings. The lowest BCUT2D eigenvalue weighted by atomic mass is 10.1. The summed E-state index contributed by atoms with van der Waals surface area (Å²) in [6, 6.07) is 3.90. The molecule has 0 unspecified atom stereocenters. The first-order valence-electron chi connectivity index (χ1n) is 6.01. The molecule has 1 rings (SSSR count). The fourth-order valence-corrected chi connectivity index (χ4v) is 1.97. The van der Waals surface area contributed by atoms with E-state index in [4.69, 9.17) is 0 Å². The topological polar surface area (TPSA) is 69.6 Å². The van der Waals surface area contributed by atoms with Gasteiger partial charge < -0.3 is 15.5 Å². The molecule has 0 aliphatic carbocycles. The third-order valence-corrected chi connectivity index (χ3v) is 3.13. The highest BCUT2D eigenvalue weighted by molar-refractivity contribution is 9.09. The van der Waals surface area contributed by atoms with Crippen molar-refractivity contribution in [2.75, 3.05) is 11.9 Å². The zero-order valence-corrected chi connectivity index (χ0v) is 11.7. The number of hydrogen-bond acceptors (Lipinski definition) is 3. The van der Waals surface area contributed by atoms with E-state index >= 15 is 0 Å². The van der Waals surface area contributed by atoms with Crippen LogP contribution in [0.1, 0.15) is 36.0 Å². The Morgan fingerprint density at radius 3 is 2.61 bits per heavy atom. The molecule has 3 N–H and O–H groups in total. The minimum absolute atomic E-state index is 0.0322. The molecule has 0 aromatic heterocycles. The molecule has 0 atom stereocenters. The third-order valence-electron chi connectivity index (χ3n) is 2.57. The van der Waals surface area contributed by atoms with Crippen molar-refractivity contribution in [3.05, 3.63) is 23.8 Å². The highest BCUT2D eigenvalue weighted by Gasteiger charge is 2.10. The second-order valence-corrected chi connectivity index (χ2v) is 4.85. The predicted octanol–water partition coefficient (Wildman–Crippen LogP) is 2.78. The number of carbonyl (C=O) groups is 1. The molecule has 0 saturated heterocycles. The highest BCUT2D eigenvalue weighted by atomic mass is 79.9. The predicted molar refractivity (Wildman–Crippen MR) is 74.4 cm³/mol. The molecule has 0 bridgehead atoms. The zero-order chi connectivity index (χ0) is 13.4. The Balaban J connectivity index is 2.34. The molecule has 0 spiro atoms. The van der Waals surface area contributed by atoms with E-state index in [1.807, 2.05) is 0 Å². The van der Waals surface area contributed by atoms with Crippen LogP contribution in [0, 0.1) is 0 Å². The Bertz CT molecular complexity index is 396. The van der Waals surface area contributed by atoms with Crippen LogP contribution in [0.3, 0.4) is 0 Å². The van der Waals surface area contributed by atoms with Crippen LogP contribution in [0.5, 0.6) is 11.5 Å². The third kappa shape index (κ3) is 4.96. The Hall–Kier alpha value is -1.23. The quantitative estimate of drug-likeness (QED) is 0.411. The Labute approximate surface area is 115 Å². The Kier molecular flexibility index (Phi) is 6.57. The van der Waals surface area contributed by atoms with Gasteiger partial charge in [0.15, 0.2) is 0 Å². The average molecular weight is 316 g/mol. The number of phenols is 2. The molecule has 18 heavy (non-hydrogen) atoms. The minimum atomic E-state index is -0.358. The van der Waals surface area contributed by atoms with Crippen molar-refractivity contribution in [1.29, 1.82) is 0 Å². The van der Waals surface area contributed by atoms with E-state index in [9.17, 15) is 15.0 Å². The van der Waals surface area contributed by atoms with Crippen molar-refractivity contribution in [2.45, 2.75) is 25.7 Å². The van der Waals surface area contributed by atoms with E-state index in [2.05, 4.69) is 21.2 Å². The van der Waals surface area contributed by atoms with Gasteiger partial charge in [-0.25, -0.2) is 0 Å². The van der Waals surface area contributed by atoms with Crippen LogP contribution in [0.4, 0.5) is 0 Å². The normalized spacial score (nSPS) is 10.3. The minimum Gasteiger partial charge on any atom is -0.508 e. The summed E-state index contributed by atoms with van der Waals surface area (Å²) in [6.45, 7) is 0.580. The molecule has 0 heterocycles. The second kappa shape index (κ2) is 7.97. The second-order valence-electron chi connectivity index (χ2n) is 4.06. The molecule has 1 amide bonds. The Morgan fingerprint density at radius 2 is 1.89 bits per heavy atom. The molecule has 0 saturated carbocycles. The number of halogens is 1. The SMILES string of the molecule is O=C(NCCCCCCBr)c1cc(O)ccc1O. The number of amides is 1. The maximum absolute atomic E-state index is 11.7. The number of aromatic hydroxyl groups is 2. The molecule has 1 aromatic rings. The van der Waals surface area contributed by atoms with Gasteiger partial charge in [-0.15, -0.1) is 0 Å². The van der Waals surface area contributed by atoms with Gasteiger partial charge in [0, 0.05) is 11.9 Å². The smallest absolute Gasteiger partial charge is 0.255 e. The van der Waals surface area contributed by atoms with Crippen LogP contribution in [-0.2, 0) is 0 Å². The van der Waals surface area contributed by atoms with Crippen molar-refractivity contribution in [3.8, 4) is 11.5 Å². The lowest BCUT2D eigenvalue weighted by molar-refractivity contribution is 0.0950. The van der Waals surface area contributed by atoms with Gasteiger partial charge in [-0.3, -0.25) is 4.79 Å². The summed E-state index contributed by atoms with van der Waals surface area (Å²) >= 11 is 3.37. The standard InChI is InChI=1S/C13H18BrNO3/c14-7-3-1-2-4-8-15-13(18)11-9-10(16)5-6-12(11)17/h5-6,9,16-17H,1-4,7-8H2,(H,15,18). The first-order chi connectivity index (χ1) is 8.65. The molecular formula is C13H18BrNO3. The van der Waals surface area contributed by atoms with Crippen molar-refractivity contribution in [1.82, 2.24) is 5.32 Å². The van der Waals surface area contributed by atoms with E-state index in [-0.39, 0.29) is 23.0 Å². The van der Waals surface area contributed by atoms with Crippen molar-refractivity contribution < 1.29 is 15.0 Å². The van der Waals surface area contributed by atoms with Gasteiger partial charge in [-0.2, -0.15) is 0 Å². The number of phenolic OH excluding ortho intramolecular Hbond substituents is 2.